The molecule has 0 aliphatic carbocycles. The van der Waals surface area contributed by atoms with Gasteiger partial charge in [0.25, 0.3) is 5.91 Å². The van der Waals surface area contributed by atoms with Gasteiger partial charge in [0.1, 0.15) is 18.8 Å². The highest BCUT2D eigenvalue weighted by Gasteiger charge is 2.70. The summed E-state index contributed by atoms with van der Waals surface area (Å²) in [7, 11) is 4.12. The van der Waals surface area contributed by atoms with Crippen molar-refractivity contribution in [3.05, 3.63) is 138 Å². The lowest BCUT2D eigenvalue weighted by atomic mass is 9.87. The number of nitrogens with zero attached hydrogens (tertiary/aromatic N) is 5. The third kappa shape index (κ3) is 7.11. The number of ether oxygens (including phenoxy) is 3. The van der Waals surface area contributed by atoms with Crippen LogP contribution in [-0.4, -0.2) is 104 Å². The molecule has 3 atom stereocenters. The molecular formula is C47H51N5O5. The molecule has 1 spiro atoms. The van der Waals surface area contributed by atoms with E-state index < -0.39 is 5.54 Å². The molecule has 4 heterocycles. The molecule has 10 nitrogen and oxygen atoms in total. The van der Waals surface area contributed by atoms with Crippen LogP contribution in [0, 0.1) is 5.92 Å². The first-order chi connectivity index (χ1) is 27.9. The summed E-state index contributed by atoms with van der Waals surface area (Å²) in [6, 6.07) is 38.9. The number of anilines is 1. The number of rotatable bonds is 13. The van der Waals surface area contributed by atoms with Crippen LogP contribution < -0.4 is 14.4 Å². The molecule has 9 rings (SSSR count). The average Bonchev–Trinajstić information content (AvgIpc) is 3.82. The van der Waals surface area contributed by atoms with E-state index in [-0.39, 0.29) is 23.9 Å². The molecule has 0 N–H and O–H groups in total. The smallest absolute Gasteiger partial charge is 0.328 e. The van der Waals surface area contributed by atoms with Crippen LogP contribution in [0.4, 0.5) is 10.5 Å². The topological polar surface area (TPSA) is 78.0 Å². The van der Waals surface area contributed by atoms with Crippen LogP contribution in [0.25, 0.3) is 10.8 Å². The second kappa shape index (κ2) is 15.8. The summed E-state index contributed by atoms with van der Waals surface area (Å²) in [6.45, 7) is 6.64. The number of urea groups is 1. The van der Waals surface area contributed by atoms with Crippen LogP contribution in [0.5, 0.6) is 11.5 Å². The standard InChI is InChI=1S/C47H51N5O5/c1-48(2)41-19-18-40(38-15-9-10-16-39(38)41)42-28-37-30-50(33-47(37)45(53)51(46(54)52(42)47)22-21-49-23-25-55-26-24-49)29-36-17-20-43(56-31-34-11-5-3-6-12-34)44(27-36)57-32-35-13-7-4-8-14-35/h3-20,27,37,42H,21-26,28-33H2,1-2H3/t37-,42?,47-/m1/s1. The van der Waals surface area contributed by atoms with E-state index in [1.807, 2.05) is 47.4 Å². The Balaban J connectivity index is 1.00. The van der Waals surface area contributed by atoms with Crippen LogP contribution in [0.2, 0.25) is 0 Å². The highest BCUT2D eigenvalue weighted by Crippen LogP contribution is 2.56. The Bertz CT molecular complexity index is 2230. The molecule has 1 unspecified atom stereocenters. The van der Waals surface area contributed by atoms with Crippen LogP contribution >= 0.6 is 0 Å². The van der Waals surface area contributed by atoms with E-state index in [0.717, 1.165) is 58.2 Å². The van der Waals surface area contributed by atoms with Gasteiger partial charge < -0.3 is 24.0 Å². The zero-order chi connectivity index (χ0) is 38.9. The number of likely N-dealkylation sites (tertiary alicyclic amines) is 1. The second-order valence-corrected chi connectivity index (χ2v) is 16.0. The maximum Gasteiger partial charge on any atom is 0.328 e. The predicted molar refractivity (Wildman–Crippen MR) is 221 cm³/mol. The molecule has 10 heteroatoms. The summed E-state index contributed by atoms with van der Waals surface area (Å²) >= 11 is 0. The molecule has 4 saturated heterocycles. The number of fused-ring (bicyclic) bond motifs is 1. The minimum atomic E-state index is -0.931. The van der Waals surface area contributed by atoms with E-state index in [2.05, 4.69) is 102 Å². The van der Waals surface area contributed by atoms with Gasteiger partial charge in [-0.2, -0.15) is 0 Å². The van der Waals surface area contributed by atoms with Crippen molar-refractivity contribution >= 4 is 28.4 Å². The Labute approximate surface area is 335 Å². The van der Waals surface area contributed by atoms with Gasteiger partial charge in [-0.1, -0.05) is 97.1 Å². The first-order valence-electron chi connectivity index (χ1n) is 20.2. The van der Waals surface area contributed by atoms with Crippen LogP contribution in [0.1, 0.15) is 34.7 Å². The number of hydrogen-bond acceptors (Lipinski definition) is 8. The van der Waals surface area contributed by atoms with Crippen molar-refractivity contribution in [3.63, 3.8) is 0 Å². The summed E-state index contributed by atoms with van der Waals surface area (Å²) in [5.41, 5.74) is 4.53. The Morgan fingerprint density at radius 1 is 0.719 bits per heavy atom. The lowest BCUT2D eigenvalue weighted by Gasteiger charge is -2.33. The second-order valence-electron chi connectivity index (χ2n) is 16.0. The number of hydrogen-bond donors (Lipinski definition) is 0. The summed E-state index contributed by atoms with van der Waals surface area (Å²) in [6.07, 6.45) is 0.730. The van der Waals surface area contributed by atoms with Gasteiger partial charge in [-0.15, -0.1) is 0 Å². The zero-order valence-corrected chi connectivity index (χ0v) is 32.9. The lowest BCUT2D eigenvalue weighted by Crippen LogP contribution is -2.51. The van der Waals surface area contributed by atoms with Crippen molar-refractivity contribution in [2.45, 2.75) is 37.8 Å². The molecule has 4 aliphatic heterocycles. The Hall–Kier alpha value is -5.42. The van der Waals surface area contributed by atoms with Gasteiger partial charge in [0.15, 0.2) is 11.5 Å². The van der Waals surface area contributed by atoms with Crippen LogP contribution in [0.15, 0.2) is 115 Å². The highest BCUT2D eigenvalue weighted by molar-refractivity contribution is 6.09. The van der Waals surface area contributed by atoms with Gasteiger partial charge in [0.2, 0.25) is 0 Å². The van der Waals surface area contributed by atoms with E-state index in [1.165, 1.54) is 0 Å². The quantitative estimate of drug-likeness (QED) is 0.119. The normalized spacial score (nSPS) is 22.3. The fraction of sp³-hybridized carbons (Fsp3) is 0.362. The number of amides is 3. The molecule has 4 fully saturated rings. The molecule has 4 aliphatic rings. The van der Waals surface area contributed by atoms with Crippen molar-refractivity contribution in [2.24, 2.45) is 5.92 Å². The van der Waals surface area contributed by atoms with Gasteiger partial charge >= 0.3 is 6.03 Å². The molecule has 294 valence electrons. The monoisotopic (exact) mass is 765 g/mol. The maximum absolute atomic E-state index is 14.9. The molecule has 57 heavy (non-hydrogen) atoms. The Morgan fingerprint density at radius 2 is 1.39 bits per heavy atom. The maximum atomic E-state index is 14.9. The van der Waals surface area contributed by atoms with E-state index in [4.69, 9.17) is 14.2 Å². The van der Waals surface area contributed by atoms with Gasteiger partial charge in [-0.25, -0.2) is 4.79 Å². The van der Waals surface area contributed by atoms with Gasteiger partial charge in [0, 0.05) is 76.9 Å². The fourth-order valence-corrected chi connectivity index (χ4v) is 9.54. The fourth-order valence-electron chi connectivity index (χ4n) is 9.54. The molecule has 0 radical (unpaired) electrons. The Kier molecular flexibility index (Phi) is 10.3. The number of carbonyl (C=O) groups is 2. The highest BCUT2D eigenvalue weighted by atomic mass is 16.5. The Morgan fingerprint density at radius 3 is 2.09 bits per heavy atom. The average molecular weight is 766 g/mol. The van der Waals surface area contributed by atoms with Crippen molar-refractivity contribution in [2.75, 3.05) is 71.5 Å². The van der Waals surface area contributed by atoms with Crippen LogP contribution in [0.3, 0.4) is 0 Å². The number of carbonyl (C=O) groups excluding carboxylic acids is 2. The zero-order valence-electron chi connectivity index (χ0n) is 32.9. The van der Waals surface area contributed by atoms with E-state index in [9.17, 15) is 9.59 Å². The summed E-state index contributed by atoms with van der Waals surface area (Å²) in [5, 5.41) is 2.28. The van der Waals surface area contributed by atoms with Gasteiger partial charge in [-0.3, -0.25) is 19.5 Å². The lowest BCUT2D eigenvalue weighted by molar-refractivity contribution is -0.133. The first kappa shape index (κ1) is 37.2. The van der Waals surface area contributed by atoms with E-state index in [0.29, 0.717) is 70.7 Å². The third-order valence-corrected chi connectivity index (χ3v) is 12.3. The van der Waals surface area contributed by atoms with Crippen LogP contribution in [-0.2, 0) is 29.3 Å². The van der Waals surface area contributed by atoms with Crippen molar-refractivity contribution in [3.8, 4) is 11.5 Å². The SMILES string of the molecule is CN(C)c1ccc(C2C[C@@H]3CN(Cc4ccc(OCc5ccccc5)c(OCc5ccccc5)c4)C[C@]34C(=O)N(CCN3CCOCC3)C(=O)N24)c2ccccc12. The summed E-state index contributed by atoms with van der Waals surface area (Å²) in [4.78, 5) is 40.0. The predicted octanol–water partition coefficient (Wildman–Crippen LogP) is 6.98. The van der Waals surface area contributed by atoms with Gasteiger partial charge in [0.05, 0.1) is 19.3 Å². The molecule has 0 saturated carbocycles. The van der Waals surface area contributed by atoms with Crippen molar-refractivity contribution < 1.29 is 23.8 Å². The molecule has 0 bridgehead atoms. The molecule has 0 aromatic heterocycles. The molecular weight excluding hydrogens is 715 g/mol. The summed E-state index contributed by atoms with van der Waals surface area (Å²) in [5.74, 6) is 1.30. The molecule has 5 aromatic rings. The number of imide groups is 1. The van der Waals surface area contributed by atoms with E-state index >= 15 is 0 Å². The number of benzene rings is 5. The minimum absolute atomic E-state index is 0.0121. The van der Waals surface area contributed by atoms with Crippen molar-refractivity contribution in [1.29, 1.82) is 0 Å². The summed E-state index contributed by atoms with van der Waals surface area (Å²) < 4.78 is 18.3. The minimum Gasteiger partial charge on any atom is -0.485 e. The van der Waals surface area contributed by atoms with Gasteiger partial charge in [-0.05, 0) is 52.3 Å². The van der Waals surface area contributed by atoms with E-state index in [1.54, 1.807) is 4.90 Å². The van der Waals surface area contributed by atoms with Crippen molar-refractivity contribution in [1.82, 2.24) is 19.6 Å². The largest absolute Gasteiger partial charge is 0.485 e. The first-order valence-corrected chi connectivity index (χ1v) is 20.2. The molecule has 5 aromatic carbocycles. The number of morpholine rings is 1. The molecule has 3 amide bonds. The third-order valence-electron chi connectivity index (χ3n) is 12.3.